The van der Waals surface area contributed by atoms with E-state index in [0.717, 1.165) is 17.7 Å². The smallest absolute Gasteiger partial charge is 0.223 e. The summed E-state index contributed by atoms with van der Waals surface area (Å²) in [5.41, 5.74) is 8.30. The molecule has 1 aliphatic heterocycles. The number of halogens is 1. The second-order valence-electron chi connectivity index (χ2n) is 3.42. The fraction of sp³-hybridized carbons (Fsp3) is 0.300. The van der Waals surface area contributed by atoms with Gasteiger partial charge in [-0.15, -0.1) is 0 Å². The molecule has 0 unspecified atom stereocenters. The van der Waals surface area contributed by atoms with Crippen molar-refractivity contribution in [2.24, 2.45) is 0 Å². The van der Waals surface area contributed by atoms with Crippen LogP contribution in [0.15, 0.2) is 12.1 Å². The van der Waals surface area contributed by atoms with Gasteiger partial charge in [-0.25, -0.2) is 0 Å². The molecule has 3 nitrogen and oxygen atoms in total. The maximum Gasteiger partial charge on any atom is 0.223 e. The van der Waals surface area contributed by atoms with Gasteiger partial charge in [-0.2, -0.15) is 0 Å². The molecular formula is C10H11ClN2O. The number of rotatable bonds is 0. The standard InChI is InChI=1S/C10H11ClN2O/c1-6(14)13-3-2-7-4-8(11)5-9(12)10(7)13/h4-5H,2-3,12H2,1H3. The van der Waals surface area contributed by atoms with Crippen LogP contribution in [0.5, 0.6) is 0 Å². The molecule has 1 aromatic rings. The Morgan fingerprint density at radius 1 is 1.57 bits per heavy atom. The molecule has 0 spiro atoms. The second-order valence-corrected chi connectivity index (χ2v) is 3.86. The number of benzene rings is 1. The largest absolute Gasteiger partial charge is 0.397 e. The Labute approximate surface area is 87.4 Å². The zero-order valence-electron chi connectivity index (χ0n) is 7.88. The number of fused-ring (bicyclic) bond motifs is 1. The lowest BCUT2D eigenvalue weighted by molar-refractivity contribution is -0.116. The third kappa shape index (κ3) is 1.34. The summed E-state index contributed by atoms with van der Waals surface area (Å²) >= 11 is 5.87. The van der Waals surface area contributed by atoms with Gasteiger partial charge in [0.25, 0.3) is 0 Å². The van der Waals surface area contributed by atoms with Gasteiger partial charge in [-0.1, -0.05) is 11.6 Å². The van der Waals surface area contributed by atoms with Crippen molar-refractivity contribution in [2.75, 3.05) is 17.2 Å². The lowest BCUT2D eigenvalue weighted by Gasteiger charge is -2.16. The minimum atomic E-state index is 0.0257. The van der Waals surface area contributed by atoms with Crippen LogP contribution < -0.4 is 10.6 Å². The molecule has 0 radical (unpaired) electrons. The van der Waals surface area contributed by atoms with E-state index in [1.807, 2.05) is 6.07 Å². The molecule has 0 fully saturated rings. The fourth-order valence-electron chi connectivity index (χ4n) is 1.86. The molecule has 0 aromatic heterocycles. The zero-order chi connectivity index (χ0) is 10.3. The van der Waals surface area contributed by atoms with Crippen LogP contribution in [0.3, 0.4) is 0 Å². The highest BCUT2D eigenvalue weighted by atomic mass is 35.5. The minimum absolute atomic E-state index is 0.0257. The van der Waals surface area contributed by atoms with E-state index in [9.17, 15) is 4.79 Å². The number of hydrogen-bond donors (Lipinski definition) is 1. The SMILES string of the molecule is CC(=O)N1CCc2cc(Cl)cc(N)c21. The Morgan fingerprint density at radius 2 is 2.29 bits per heavy atom. The topological polar surface area (TPSA) is 46.3 Å². The third-order valence-electron chi connectivity index (χ3n) is 2.44. The fourth-order valence-corrected chi connectivity index (χ4v) is 2.11. The summed E-state index contributed by atoms with van der Waals surface area (Å²) in [6, 6.07) is 3.55. The Hall–Kier alpha value is -1.22. The predicted octanol–water partition coefficient (Wildman–Crippen LogP) is 1.83. The Balaban J connectivity index is 2.54. The molecule has 14 heavy (non-hydrogen) atoms. The maximum atomic E-state index is 11.3. The normalized spacial score (nSPS) is 14.3. The summed E-state index contributed by atoms with van der Waals surface area (Å²) in [6.45, 7) is 2.25. The van der Waals surface area contributed by atoms with Crippen LogP contribution in [0, 0.1) is 0 Å². The van der Waals surface area contributed by atoms with Crippen LogP contribution in [-0.4, -0.2) is 12.5 Å². The van der Waals surface area contributed by atoms with Gasteiger partial charge in [-0.05, 0) is 24.1 Å². The number of carbonyl (C=O) groups excluding carboxylic acids is 1. The van der Waals surface area contributed by atoms with E-state index < -0.39 is 0 Å². The molecule has 1 aliphatic rings. The molecule has 0 atom stereocenters. The molecule has 2 N–H and O–H groups in total. The molecule has 2 rings (SSSR count). The first-order chi connectivity index (χ1) is 6.59. The van der Waals surface area contributed by atoms with Gasteiger partial charge in [0.15, 0.2) is 0 Å². The molecule has 0 saturated carbocycles. The monoisotopic (exact) mass is 210 g/mol. The van der Waals surface area contributed by atoms with Crippen molar-refractivity contribution >= 4 is 28.9 Å². The summed E-state index contributed by atoms with van der Waals surface area (Å²) in [6.07, 6.45) is 0.833. The van der Waals surface area contributed by atoms with Crippen LogP contribution in [0.4, 0.5) is 11.4 Å². The average Bonchev–Trinajstić information content (AvgIpc) is 2.47. The Kier molecular flexibility index (Phi) is 2.11. The van der Waals surface area contributed by atoms with Crippen LogP contribution >= 0.6 is 11.6 Å². The first-order valence-corrected chi connectivity index (χ1v) is 4.83. The van der Waals surface area contributed by atoms with E-state index in [1.54, 1.807) is 17.9 Å². The lowest BCUT2D eigenvalue weighted by Crippen LogP contribution is -2.26. The van der Waals surface area contributed by atoms with Gasteiger partial charge in [0, 0.05) is 18.5 Å². The Bertz CT molecular complexity index is 403. The molecule has 1 amide bonds. The molecule has 4 heteroatoms. The molecular weight excluding hydrogens is 200 g/mol. The number of amides is 1. The third-order valence-corrected chi connectivity index (χ3v) is 2.66. The van der Waals surface area contributed by atoms with E-state index in [0.29, 0.717) is 17.3 Å². The number of hydrogen-bond acceptors (Lipinski definition) is 2. The summed E-state index contributed by atoms with van der Waals surface area (Å²) in [5.74, 6) is 0.0257. The molecule has 1 heterocycles. The lowest BCUT2D eigenvalue weighted by atomic mass is 10.1. The molecule has 74 valence electrons. The van der Waals surface area contributed by atoms with Crippen molar-refractivity contribution in [1.82, 2.24) is 0 Å². The maximum absolute atomic E-state index is 11.3. The van der Waals surface area contributed by atoms with Crippen molar-refractivity contribution in [3.63, 3.8) is 0 Å². The van der Waals surface area contributed by atoms with E-state index in [2.05, 4.69) is 0 Å². The summed E-state index contributed by atoms with van der Waals surface area (Å²) < 4.78 is 0. The molecule has 0 aliphatic carbocycles. The van der Waals surface area contributed by atoms with Gasteiger partial charge < -0.3 is 10.6 Å². The molecule has 1 aromatic carbocycles. The van der Waals surface area contributed by atoms with Gasteiger partial charge in [0.2, 0.25) is 5.91 Å². The van der Waals surface area contributed by atoms with Gasteiger partial charge in [0.1, 0.15) is 0 Å². The molecule has 0 saturated heterocycles. The quantitative estimate of drug-likeness (QED) is 0.665. The van der Waals surface area contributed by atoms with Gasteiger partial charge in [0.05, 0.1) is 11.4 Å². The summed E-state index contributed by atoms with van der Waals surface area (Å²) in [5, 5.41) is 0.631. The van der Waals surface area contributed by atoms with Crippen molar-refractivity contribution < 1.29 is 4.79 Å². The number of carbonyl (C=O) groups is 1. The average molecular weight is 211 g/mol. The predicted molar refractivity (Wildman–Crippen MR) is 57.6 cm³/mol. The van der Waals surface area contributed by atoms with E-state index in [4.69, 9.17) is 17.3 Å². The van der Waals surface area contributed by atoms with Crippen molar-refractivity contribution in [2.45, 2.75) is 13.3 Å². The van der Waals surface area contributed by atoms with E-state index in [-0.39, 0.29) is 5.91 Å². The number of nitrogen functional groups attached to an aromatic ring is 1. The summed E-state index contributed by atoms with van der Waals surface area (Å²) in [7, 11) is 0. The highest BCUT2D eigenvalue weighted by molar-refractivity contribution is 6.31. The summed E-state index contributed by atoms with van der Waals surface area (Å²) in [4.78, 5) is 13.0. The number of nitrogens with zero attached hydrogens (tertiary/aromatic N) is 1. The first kappa shape index (κ1) is 9.34. The zero-order valence-corrected chi connectivity index (χ0v) is 8.64. The van der Waals surface area contributed by atoms with Gasteiger partial charge >= 0.3 is 0 Å². The first-order valence-electron chi connectivity index (χ1n) is 4.45. The van der Waals surface area contributed by atoms with Crippen LogP contribution in [0.1, 0.15) is 12.5 Å². The second kappa shape index (κ2) is 3.17. The van der Waals surface area contributed by atoms with Crippen molar-refractivity contribution in [3.05, 3.63) is 22.7 Å². The Morgan fingerprint density at radius 3 is 2.93 bits per heavy atom. The van der Waals surface area contributed by atoms with Crippen LogP contribution in [0.2, 0.25) is 5.02 Å². The van der Waals surface area contributed by atoms with E-state index >= 15 is 0 Å². The molecule has 0 bridgehead atoms. The minimum Gasteiger partial charge on any atom is -0.397 e. The van der Waals surface area contributed by atoms with Gasteiger partial charge in [-0.3, -0.25) is 4.79 Å². The highest BCUT2D eigenvalue weighted by Crippen LogP contribution is 2.36. The highest BCUT2D eigenvalue weighted by Gasteiger charge is 2.24. The number of nitrogens with two attached hydrogens (primary N) is 1. The van der Waals surface area contributed by atoms with Crippen LogP contribution in [0.25, 0.3) is 0 Å². The van der Waals surface area contributed by atoms with Crippen LogP contribution in [-0.2, 0) is 11.2 Å². The van der Waals surface area contributed by atoms with E-state index in [1.165, 1.54) is 0 Å². The number of anilines is 2. The van der Waals surface area contributed by atoms with Crippen molar-refractivity contribution in [3.8, 4) is 0 Å². The van der Waals surface area contributed by atoms with Crippen molar-refractivity contribution in [1.29, 1.82) is 0 Å².